The standard InChI is InChI=1S/C10H8.6C6H6.8C3H8.8CH4.6CH3.4Y/c1-2-6-10-8-4-3-7-9(10)5-1;6*1-2-4-6-5-3-1;8*1-3-2;;;;;;;;;;;;;;;;;;/h1-8H;6*1-6H;8*3H2,1-2H3;8*1H4;6*1H3;;;;/q;;;;;;;;;;;;;;;;;;;;;;;6*-1;;;;. The second-order valence-corrected chi connectivity index (χ2v) is 14.9. The van der Waals surface area contributed by atoms with Crippen LogP contribution < -0.4 is 0 Å². The van der Waals surface area contributed by atoms with Gasteiger partial charge in [-0.15, -0.1) is 0 Å². The van der Waals surface area contributed by atoms with Crippen LogP contribution in [0.25, 0.3) is 10.8 Å². The van der Waals surface area contributed by atoms with Gasteiger partial charge in [0.2, 0.25) is 0 Å². The van der Waals surface area contributed by atoms with Crippen LogP contribution in [-0.2, 0) is 131 Å². The quantitative estimate of drug-likeness (QED) is 0.133. The third kappa shape index (κ3) is 214. The van der Waals surface area contributed by atoms with Crippen LogP contribution in [0, 0.1) is 44.6 Å². The van der Waals surface area contributed by atoms with E-state index in [4.69, 9.17) is 0 Å². The van der Waals surface area contributed by atoms with E-state index >= 15 is 0 Å². The van der Waals surface area contributed by atoms with E-state index in [2.05, 4.69) is 159 Å². The number of hydrogen-bond acceptors (Lipinski definition) is 0. The van der Waals surface area contributed by atoms with E-state index in [-0.39, 0.29) is 235 Å². The Hall–Kier alpha value is -1.56. The second kappa shape index (κ2) is 191. The minimum absolute atomic E-state index is 0. The van der Waals surface area contributed by atoms with E-state index in [9.17, 15) is 0 Å². The first-order chi connectivity index (χ1) is 34.3. The van der Waals surface area contributed by atoms with Crippen molar-refractivity contribution in [2.45, 2.75) is 222 Å². The second-order valence-electron chi connectivity index (χ2n) is 14.9. The van der Waals surface area contributed by atoms with Crippen LogP contribution in [0.4, 0.5) is 0 Å². The summed E-state index contributed by atoms with van der Waals surface area (Å²) in [5.74, 6) is 0. The molecule has 0 fully saturated rings. The molecule has 0 saturated carbocycles. The molecule has 0 nitrogen and oxygen atoms in total. The molecule has 0 saturated heterocycles. The van der Waals surface area contributed by atoms with Gasteiger partial charge in [-0.1, -0.05) is 488 Å². The summed E-state index contributed by atoms with van der Waals surface area (Å²) >= 11 is 0. The first-order valence-electron chi connectivity index (χ1n) is 26.7. The zero-order chi connectivity index (χ0) is 53.9. The van der Waals surface area contributed by atoms with E-state index in [0.29, 0.717) is 0 Å². The van der Waals surface area contributed by atoms with Crippen LogP contribution in [0.3, 0.4) is 0 Å². The van der Waals surface area contributed by atoms with E-state index in [1.165, 1.54) is 62.1 Å². The van der Waals surface area contributed by atoms with Crippen molar-refractivity contribution in [3.8, 4) is 0 Å². The molecule has 512 valence electrons. The van der Waals surface area contributed by atoms with Crippen molar-refractivity contribution in [3.05, 3.63) is 311 Å². The molecule has 0 bridgehead atoms. The topological polar surface area (TPSA) is 0 Å². The minimum atomic E-state index is 0. The predicted octanol–water partition coefficient (Wildman–Crippen LogP) is 32.1. The Bertz CT molecular complexity index is 1300. The van der Waals surface area contributed by atoms with Crippen molar-refractivity contribution in [1.29, 1.82) is 0 Å². The summed E-state index contributed by atoms with van der Waals surface area (Å²) in [6.07, 6.45) is 10.0. The van der Waals surface area contributed by atoms with Gasteiger partial charge in [-0.25, -0.2) is 0 Å². The Morgan fingerprint density at radius 2 is 0.182 bits per heavy atom. The van der Waals surface area contributed by atoms with Crippen LogP contribution in [0.15, 0.2) is 267 Å². The summed E-state index contributed by atoms with van der Waals surface area (Å²) in [5, 5.41) is 2.62. The molecule has 0 N–H and O–H groups in total. The van der Waals surface area contributed by atoms with E-state index in [0.717, 1.165) is 0 Å². The van der Waals surface area contributed by atoms with Crippen molar-refractivity contribution in [2.75, 3.05) is 0 Å². The third-order valence-corrected chi connectivity index (χ3v) is 5.66. The molecule has 0 atom stereocenters. The van der Waals surface area contributed by atoms with Gasteiger partial charge in [-0.2, -0.15) is 0 Å². The SMILES string of the molecule is C.C.C.C.C.C.C.C.CCC.CCC.CCC.CCC.CCC.CCC.CCC.CCC.[CH3-].[CH3-].[CH3-].[CH3-].[CH3-].[CH3-].[Y].[Y].[Y].[Y].c1ccc2ccccc2c1.c1ccccc1.c1ccccc1.c1ccccc1.c1ccccc1.c1ccccc1.c1ccccc1. The van der Waals surface area contributed by atoms with Crippen LogP contribution in [0.1, 0.15) is 222 Å². The largest absolute Gasteiger partial charge is 0.358 e. The molecule has 4 heteroatoms. The molecular formula is C84H158Y4-6. The van der Waals surface area contributed by atoms with Gasteiger partial charge in [0.05, 0.1) is 0 Å². The maximum Gasteiger partial charge on any atom is 0 e. The monoisotopic (exact) mass is 1520 g/mol. The van der Waals surface area contributed by atoms with Crippen LogP contribution in [0.2, 0.25) is 0 Å². The van der Waals surface area contributed by atoms with Crippen molar-refractivity contribution in [3.63, 3.8) is 0 Å². The molecule has 4 radical (unpaired) electrons. The molecule has 0 spiro atoms. The number of benzene rings is 8. The van der Waals surface area contributed by atoms with Gasteiger partial charge < -0.3 is 44.6 Å². The summed E-state index contributed by atoms with van der Waals surface area (Å²) < 4.78 is 0. The fraction of sp³-hybridized carbons (Fsp3) is 0.381. The Morgan fingerprint density at radius 3 is 0.227 bits per heavy atom. The first-order valence-corrected chi connectivity index (χ1v) is 26.7. The average molecular weight is 1520 g/mol. The summed E-state index contributed by atoms with van der Waals surface area (Å²) in [4.78, 5) is 0. The molecule has 8 aromatic carbocycles. The molecule has 0 aromatic heterocycles. The summed E-state index contributed by atoms with van der Waals surface area (Å²) in [5.41, 5.74) is 0. The predicted molar refractivity (Wildman–Crippen MR) is 423 cm³/mol. The molecule has 8 aromatic rings. The third-order valence-electron chi connectivity index (χ3n) is 5.66. The maximum atomic E-state index is 2.12. The molecule has 88 heavy (non-hydrogen) atoms. The first kappa shape index (κ1) is 167. The summed E-state index contributed by atoms with van der Waals surface area (Å²) in [6, 6.07) is 88.7. The van der Waals surface area contributed by atoms with E-state index in [1.807, 2.05) is 218 Å². The van der Waals surface area contributed by atoms with Crippen molar-refractivity contribution < 1.29 is 131 Å². The van der Waals surface area contributed by atoms with Crippen molar-refractivity contribution in [1.82, 2.24) is 0 Å². The molecule has 0 aliphatic rings. The zero-order valence-electron chi connectivity index (χ0n) is 56.4. The summed E-state index contributed by atoms with van der Waals surface area (Å²) in [7, 11) is 0. The molecule has 0 aliphatic carbocycles. The Balaban J connectivity index is -0.0000000210. The van der Waals surface area contributed by atoms with Gasteiger partial charge in [0.15, 0.2) is 0 Å². The zero-order valence-corrected chi connectivity index (χ0v) is 67.7. The van der Waals surface area contributed by atoms with Crippen LogP contribution in [-0.4, -0.2) is 0 Å². The van der Waals surface area contributed by atoms with Gasteiger partial charge in [0.25, 0.3) is 0 Å². The normalized spacial score (nSPS) is 6.05. The molecule has 0 amide bonds. The minimum Gasteiger partial charge on any atom is -0.358 e. The van der Waals surface area contributed by atoms with E-state index in [1.54, 1.807) is 0 Å². The fourth-order valence-corrected chi connectivity index (χ4v) is 3.44. The van der Waals surface area contributed by atoms with Gasteiger partial charge in [0.1, 0.15) is 0 Å². The average Bonchev–Trinajstić information content (AvgIpc) is 3.42. The van der Waals surface area contributed by atoms with E-state index < -0.39 is 0 Å². The van der Waals surface area contributed by atoms with Crippen molar-refractivity contribution >= 4 is 10.8 Å². The number of rotatable bonds is 0. The molecule has 0 aliphatic heterocycles. The molecule has 0 heterocycles. The maximum absolute atomic E-state index is 2.12. The molecular weight excluding hydrogens is 1360 g/mol. The van der Waals surface area contributed by atoms with Crippen LogP contribution in [0.5, 0.6) is 0 Å². The van der Waals surface area contributed by atoms with Crippen molar-refractivity contribution in [2.24, 2.45) is 0 Å². The Morgan fingerprint density at radius 1 is 0.136 bits per heavy atom. The van der Waals surface area contributed by atoms with Gasteiger partial charge in [-0.05, 0) is 10.8 Å². The Labute approximate surface area is 666 Å². The van der Waals surface area contributed by atoms with Gasteiger partial charge in [-0.3, -0.25) is 0 Å². The molecule has 8 rings (SSSR count). The van der Waals surface area contributed by atoms with Gasteiger partial charge >= 0.3 is 0 Å². The number of fused-ring (bicyclic) bond motifs is 1. The molecule has 0 unspecified atom stereocenters. The Kier molecular flexibility index (Phi) is 363. The number of hydrogen-bond donors (Lipinski definition) is 0. The van der Waals surface area contributed by atoms with Gasteiger partial charge in [0, 0.05) is 131 Å². The smallest absolute Gasteiger partial charge is 0 e. The summed E-state index contributed by atoms with van der Waals surface area (Å²) in [6.45, 7) is 34.0. The van der Waals surface area contributed by atoms with Crippen LogP contribution >= 0.6 is 0 Å². The fourth-order valence-electron chi connectivity index (χ4n) is 3.44.